The van der Waals surface area contributed by atoms with Gasteiger partial charge in [0.2, 0.25) is 0 Å². The molecular formula is C13H15N3O2S. The van der Waals surface area contributed by atoms with Gasteiger partial charge in [-0.2, -0.15) is 0 Å². The van der Waals surface area contributed by atoms with E-state index in [1.54, 1.807) is 17.7 Å². The highest BCUT2D eigenvalue weighted by molar-refractivity contribution is 7.18. The minimum atomic E-state index is -0.720. The van der Waals surface area contributed by atoms with E-state index in [1.165, 1.54) is 0 Å². The Hall–Kier alpha value is -1.69. The van der Waals surface area contributed by atoms with Crippen molar-refractivity contribution in [3.8, 4) is 0 Å². The number of carboxylic acid groups (broad SMARTS) is 1. The first-order valence-corrected chi connectivity index (χ1v) is 7.16. The third-order valence-corrected chi connectivity index (χ3v) is 4.94. The number of aromatic nitrogens is 2. The molecule has 0 aromatic carbocycles. The molecule has 0 spiro atoms. The van der Waals surface area contributed by atoms with E-state index in [9.17, 15) is 9.90 Å². The van der Waals surface area contributed by atoms with Crippen LogP contribution in [0.4, 0.5) is 5.82 Å². The summed E-state index contributed by atoms with van der Waals surface area (Å²) in [6.07, 6.45) is 2.24. The second kappa shape index (κ2) is 4.45. The summed E-state index contributed by atoms with van der Waals surface area (Å²) in [4.78, 5) is 22.0. The molecule has 2 unspecified atom stereocenters. The predicted molar refractivity (Wildman–Crippen MR) is 74.7 cm³/mol. The zero-order valence-electron chi connectivity index (χ0n) is 10.8. The summed E-state index contributed by atoms with van der Waals surface area (Å²) >= 11 is 1.62. The Morgan fingerprint density at radius 3 is 3.00 bits per heavy atom. The second-order valence-electron chi connectivity index (χ2n) is 4.96. The molecule has 6 heteroatoms. The summed E-state index contributed by atoms with van der Waals surface area (Å²) in [7, 11) is 0. The summed E-state index contributed by atoms with van der Waals surface area (Å²) in [6, 6.07) is -0.0296. The van der Waals surface area contributed by atoms with Gasteiger partial charge in [-0.15, -0.1) is 11.3 Å². The van der Waals surface area contributed by atoms with Gasteiger partial charge in [0.25, 0.3) is 0 Å². The Labute approximate surface area is 114 Å². The molecule has 1 N–H and O–H groups in total. The number of rotatable bonds is 2. The molecular weight excluding hydrogens is 262 g/mol. The van der Waals surface area contributed by atoms with Crippen molar-refractivity contribution in [1.29, 1.82) is 0 Å². The SMILES string of the molecule is Cc1csc2c(N3CCC(C(=O)O)C3C)ncnc12. The van der Waals surface area contributed by atoms with Crippen LogP contribution in [-0.2, 0) is 4.79 Å². The lowest BCUT2D eigenvalue weighted by Gasteiger charge is -2.24. The van der Waals surface area contributed by atoms with Gasteiger partial charge in [0.15, 0.2) is 0 Å². The van der Waals surface area contributed by atoms with E-state index in [4.69, 9.17) is 0 Å². The zero-order chi connectivity index (χ0) is 13.6. The number of carbonyl (C=O) groups is 1. The first-order chi connectivity index (χ1) is 9.09. The molecule has 100 valence electrons. The minimum Gasteiger partial charge on any atom is -0.481 e. The Morgan fingerprint density at radius 2 is 2.32 bits per heavy atom. The Morgan fingerprint density at radius 1 is 1.53 bits per heavy atom. The Kier molecular flexibility index (Phi) is 2.89. The number of thiophene rings is 1. The van der Waals surface area contributed by atoms with Crippen molar-refractivity contribution in [2.75, 3.05) is 11.4 Å². The van der Waals surface area contributed by atoms with Crippen LogP contribution >= 0.6 is 11.3 Å². The molecule has 1 saturated heterocycles. The van der Waals surface area contributed by atoms with Gasteiger partial charge in [-0.3, -0.25) is 4.79 Å². The van der Waals surface area contributed by atoms with Crippen LogP contribution in [0.15, 0.2) is 11.7 Å². The van der Waals surface area contributed by atoms with Crippen molar-refractivity contribution in [3.05, 3.63) is 17.3 Å². The molecule has 2 aromatic rings. The molecule has 0 amide bonds. The van der Waals surface area contributed by atoms with E-state index in [2.05, 4.69) is 20.2 Å². The molecule has 0 radical (unpaired) electrons. The highest BCUT2D eigenvalue weighted by Crippen LogP contribution is 2.36. The number of carboxylic acids is 1. The quantitative estimate of drug-likeness (QED) is 0.912. The van der Waals surface area contributed by atoms with Crippen molar-refractivity contribution < 1.29 is 9.90 Å². The van der Waals surface area contributed by atoms with Crippen LogP contribution < -0.4 is 4.90 Å². The monoisotopic (exact) mass is 277 g/mol. The summed E-state index contributed by atoms with van der Waals surface area (Å²) in [5, 5.41) is 11.3. The lowest BCUT2D eigenvalue weighted by Crippen LogP contribution is -2.33. The topological polar surface area (TPSA) is 66.3 Å². The first-order valence-electron chi connectivity index (χ1n) is 6.28. The van der Waals surface area contributed by atoms with E-state index in [0.717, 1.165) is 28.1 Å². The van der Waals surface area contributed by atoms with E-state index < -0.39 is 5.97 Å². The molecule has 19 heavy (non-hydrogen) atoms. The number of anilines is 1. The molecule has 1 aliphatic rings. The predicted octanol–water partition coefficient (Wildman–Crippen LogP) is 2.30. The number of aliphatic carboxylic acids is 1. The van der Waals surface area contributed by atoms with Crippen LogP contribution in [0.25, 0.3) is 10.2 Å². The fraction of sp³-hybridized carbons (Fsp3) is 0.462. The van der Waals surface area contributed by atoms with Gasteiger partial charge in [-0.25, -0.2) is 9.97 Å². The van der Waals surface area contributed by atoms with Gasteiger partial charge >= 0.3 is 5.97 Å². The molecule has 3 rings (SSSR count). The van der Waals surface area contributed by atoms with Gasteiger partial charge in [0.05, 0.1) is 16.1 Å². The van der Waals surface area contributed by atoms with Crippen LogP contribution in [0.2, 0.25) is 0 Å². The largest absolute Gasteiger partial charge is 0.481 e. The van der Waals surface area contributed by atoms with Crippen molar-refractivity contribution in [1.82, 2.24) is 9.97 Å². The van der Waals surface area contributed by atoms with E-state index in [-0.39, 0.29) is 12.0 Å². The summed E-state index contributed by atoms with van der Waals surface area (Å²) in [5.41, 5.74) is 2.12. The molecule has 5 nitrogen and oxygen atoms in total. The van der Waals surface area contributed by atoms with Crippen molar-refractivity contribution >= 4 is 33.3 Å². The molecule has 2 atom stereocenters. The lowest BCUT2D eigenvalue weighted by atomic mass is 10.0. The van der Waals surface area contributed by atoms with Crippen LogP contribution in [0.3, 0.4) is 0 Å². The van der Waals surface area contributed by atoms with E-state index in [1.807, 2.05) is 13.8 Å². The number of aryl methyl sites for hydroxylation is 1. The molecule has 1 fully saturated rings. The van der Waals surface area contributed by atoms with Crippen LogP contribution in [0, 0.1) is 12.8 Å². The third-order valence-electron chi connectivity index (χ3n) is 3.86. The maximum Gasteiger partial charge on any atom is 0.308 e. The van der Waals surface area contributed by atoms with E-state index >= 15 is 0 Å². The standard InChI is InChI=1S/C13H15N3O2S/c1-7-5-19-11-10(7)14-6-15-12(11)16-4-3-9(8(16)2)13(17)18/h5-6,8-9H,3-4H2,1-2H3,(H,17,18). The van der Waals surface area contributed by atoms with Gasteiger partial charge in [-0.1, -0.05) is 0 Å². The summed E-state index contributed by atoms with van der Waals surface area (Å²) in [6.45, 7) is 4.73. The number of nitrogens with zero attached hydrogens (tertiary/aromatic N) is 3. The minimum absolute atomic E-state index is 0.0296. The average Bonchev–Trinajstić information content (AvgIpc) is 2.94. The van der Waals surface area contributed by atoms with Gasteiger partial charge < -0.3 is 10.0 Å². The Bertz CT molecular complexity index is 640. The fourth-order valence-electron chi connectivity index (χ4n) is 2.73. The number of hydrogen-bond acceptors (Lipinski definition) is 5. The van der Waals surface area contributed by atoms with Gasteiger partial charge in [-0.05, 0) is 31.2 Å². The average molecular weight is 277 g/mol. The van der Waals surface area contributed by atoms with Gasteiger partial charge in [0.1, 0.15) is 12.1 Å². The number of fused-ring (bicyclic) bond motifs is 1. The fourth-order valence-corrected chi connectivity index (χ4v) is 3.74. The van der Waals surface area contributed by atoms with Crippen molar-refractivity contribution in [3.63, 3.8) is 0 Å². The van der Waals surface area contributed by atoms with Crippen LogP contribution in [-0.4, -0.2) is 33.6 Å². The maximum absolute atomic E-state index is 11.2. The van der Waals surface area contributed by atoms with Crippen LogP contribution in [0.5, 0.6) is 0 Å². The smallest absolute Gasteiger partial charge is 0.308 e. The first kappa shape index (κ1) is 12.3. The molecule has 0 aliphatic carbocycles. The third kappa shape index (κ3) is 1.87. The lowest BCUT2D eigenvalue weighted by molar-refractivity contribution is -0.141. The zero-order valence-corrected chi connectivity index (χ0v) is 11.6. The molecule has 3 heterocycles. The van der Waals surface area contributed by atoms with Crippen molar-refractivity contribution in [2.24, 2.45) is 5.92 Å². The maximum atomic E-state index is 11.2. The molecule has 0 bridgehead atoms. The van der Waals surface area contributed by atoms with E-state index in [0.29, 0.717) is 6.42 Å². The normalized spacial score (nSPS) is 23.2. The molecule has 1 aliphatic heterocycles. The highest BCUT2D eigenvalue weighted by atomic mass is 32.1. The number of hydrogen-bond donors (Lipinski definition) is 1. The van der Waals surface area contributed by atoms with Crippen molar-refractivity contribution in [2.45, 2.75) is 26.3 Å². The summed E-state index contributed by atoms with van der Waals surface area (Å²) in [5.74, 6) is -0.159. The van der Waals surface area contributed by atoms with Gasteiger partial charge in [0, 0.05) is 12.6 Å². The highest BCUT2D eigenvalue weighted by Gasteiger charge is 2.37. The van der Waals surface area contributed by atoms with Crippen LogP contribution in [0.1, 0.15) is 18.9 Å². The molecule has 2 aromatic heterocycles. The Balaban J connectivity index is 2.04. The second-order valence-corrected chi connectivity index (χ2v) is 5.84. The summed E-state index contributed by atoms with van der Waals surface area (Å²) < 4.78 is 1.05. The molecule has 0 saturated carbocycles.